The largest absolute Gasteiger partial charge is 0.399 e. The molecule has 0 heterocycles. The van der Waals surface area contributed by atoms with Crippen molar-refractivity contribution in [2.45, 2.75) is 19.8 Å². The Bertz CT molecular complexity index is 998. The Kier molecular flexibility index (Phi) is 6.07. The summed E-state index contributed by atoms with van der Waals surface area (Å²) in [5.41, 5.74) is 10.3. The van der Waals surface area contributed by atoms with Crippen LogP contribution in [-0.2, 0) is 11.2 Å². The van der Waals surface area contributed by atoms with Crippen molar-refractivity contribution in [1.29, 1.82) is 0 Å². The number of nitrogens with one attached hydrogen (secondary N) is 2. The van der Waals surface area contributed by atoms with E-state index in [0.29, 0.717) is 29.8 Å². The van der Waals surface area contributed by atoms with Gasteiger partial charge in [-0.05, 0) is 66.9 Å². The predicted molar refractivity (Wildman–Crippen MR) is 113 cm³/mol. The lowest BCUT2D eigenvalue weighted by Crippen LogP contribution is -2.15. The quantitative estimate of drug-likeness (QED) is 0.560. The van der Waals surface area contributed by atoms with Gasteiger partial charge in [-0.1, -0.05) is 30.3 Å². The number of hydrogen-bond acceptors (Lipinski definition) is 3. The molecule has 2 amide bonds. The summed E-state index contributed by atoms with van der Waals surface area (Å²) >= 11 is 0. The molecule has 0 saturated heterocycles. The highest BCUT2D eigenvalue weighted by Gasteiger charge is 2.09. The summed E-state index contributed by atoms with van der Waals surface area (Å²) in [5.74, 6) is -0.333. The molecular formula is C23H23N3O2. The maximum atomic E-state index is 12.5. The number of aryl methyl sites for hydroxylation is 2. The van der Waals surface area contributed by atoms with Gasteiger partial charge in [-0.3, -0.25) is 9.59 Å². The number of carbonyl (C=O) groups is 2. The number of rotatable bonds is 6. The molecule has 0 atom stereocenters. The molecule has 0 spiro atoms. The Labute approximate surface area is 164 Å². The maximum Gasteiger partial charge on any atom is 0.255 e. The second-order valence-electron chi connectivity index (χ2n) is 6.70. The molecule has 0 radical (unpaired) electrons. The Morgan fingerprint density at radius 2 is 1.57 bits per heavy atom. The molecular weight excluding hydrogens is 350 g/mol. The molecule has 5 heteroatoms. The van der Waals surface area contributed by atoms with Crippen LogP contribution in [0.3, 0.4) is 0 Å². The molecule has 3 aromatic rings. The molecule has 3 aromatic carbocycles. The Hall–Kier alpha value is -3.60. The van der Waals surface area contributed by atoms with E-state index in [1.165, 1.54) is 0 Å². The first-order valence-electron chi connectivity index (χ1n) is 9.12. The van der Waals surface area contributed by atoms with Gasteiger partial charge in [0.15, 0.2) is 0 Å². The summed E-state index contributed by atoms with van der Waals surface area (Å²) in [4.78, 5) is 24.7. The summed E-state index contributed by atoms with van der Waals surface area (Å²) < 4.78 is 0. The highest BCUT2D eigenvalue weighted by atomic mass is 16.2. The Morgan fingerprint density at radius 1 is 0.857 bits per heavy atom. The second kappa shape index (κ2) is 8.86. The van der Waals surface area contributed by atoms with Crippen molar-refractivity contribution in [2.75, 3.05) is 16.4 Å². The minimum Gasteiger partial charge on any atom is -0.399 e. The number of benzene rings is 3. The zero-order valence-electron chi connectivity index (χ0n) is 15.7. The summed E-state index contributed by atoms with van der Waals surface area (Å²) in [6, 6.07) is 22.0. The molecule has 0 bridgehead atoms. The lowest BCUT2D eigenvalue weighted by Gasteiger charge is -2.09. The van der Waals surface area contributed by atoms with Gasteiger partial charge in [0, 0.05) is 29.0 Å². The molecule has 142 valence electrons. The zero-order chi connectivity index (χ0) is 19.9. The van der Waals surface area contributed by atoms with Crippen LogP contribution in [0.25, 0.3) is 0 Å². The van der Waals surface area contributed by atoms with E-state index in [1.807, 2.05) is 55.5 Å². The molecule has 28 heavy (non-hydrogen) atoms. The lowest BCUT2D eigenvalue weighted by atomic mass is 10.1. The van der Waals surface area contributed by atoms with Gasteiger partial charge in [0.25, 0.3) is 5.91 Å². The molecule has 0 aliphatic heterocycles. The van der Waals surface area contributed by atoms with Gasteiger partial charge in [-0.2, -0.15) is 0 Å². The number of carbonyl (C=O) groups excluding carboxylic acids is 2. The number of hydrogen-bond donors (Lipinski definition) is 3. The highest BCUT2D eigenvalue weighted by Crippen LogP contribution is 2.15. The molecule has 0 aliphatic rings. The smallest absolute Gasteiger partial charge is 0.255 e. The molecule has 4 N–H and O–H groups in total. The van der Waals surface area contributed by atoms with Crippen LogP contribution in [0, 0.1) is 6.92 Å². The van der Waals surface area contributed by atoms with Gasteiger partial charge in [0.05, 0.1) is 0 Å². The summed E-state index contributed by atoms with van der Waals surface area (Å²) in [6.45, 7) is 1.97. The fourth-order valence-electron chi connectivity index (χ4n) is 2.89. The summed E-state index contributed by atoms with van der Waals surface area (Å²) in [6.07, 6.45) is 0.938. The van der Waals surface area contributed by atoms with Crippen LogP contribution in [0.2, 0.25) is 0 Å². The highest BCUT2D eigenvalue weighted by molar-refractivity contribution is 6.05. The standard InChI is InChI=1S/C23H23N3O2/c1-16-5-2-9-20(13-16)26-23(28)18-7-4-10-21(15-18)25-22(27)12-11-17-6-3-8-19(24)14-17/h2-10,13-15H,11-12,24H2,1H3,(H,25,27)(H,26,28). The molecule has 3 rings (SSSR count). The predicted octanol–water partition coefficient (Wildman–Crippen LogP) is 4.40. The first-order valence-corrected chi connectivity index (χ1v) is 9.12. The SMILES string of the molecule is Cc1cccc(NC(=O)c2cccc(NC(=O)CCc3cccc(N)c3)c2)c1. The summed E-state index contributed by atoms with van der Waals surface area (Å²) in [7, 11) is 0. The van der Waals surface area contributed by atoms with Gasteiger partial charge < -0.3 is 16.4 Å². The second-order valence-corrected chi connectivity index (χ2v) is 6.70. The maximum absolute atomic E-state index is 12.5. The summed E-state index contributed by atoms with van der Waals surface area (Å²) in [5, 5.41) is 5.71. The van der Waals surface area contributed by atoms with E-state index in [0.717, 1.165) is 16.8 Å². The van der Waals surface area contributed by atoms with E-state index in [9.17, 15) is 9.59 Å². The third-order valence-electron chi connectivity index (χ3n) is 4.28. The topological polar surface area (TPSA) is 84.2 Å². The van der Waals surface area contributed by atoms with Gasteiger partial charge in [-0.25, -0.2) is 0 Å². The third-order valence-corrected chi connectivity index (χ3v) is 4.28. The van der Waals surface area contributed by atoms with Crippen LogP contribution in [-0.4, -0.2) is 11.8 Å². The van der Waals surface area contributed by atoms with Crippen LogP contribution >= 0.6 is 0 Å². The number of nitrogens with two attached hydrogens (primary N) is 1. The van der Waals surface area contributed by atoms with Crippen LogP contribution < -0.4 is 16.4 Å². The van der Waals surface area contributed by atoms with Crippen molar-refractivity contribution in [2.24, 2.45) is 0 Å². The molecule has 0 saturated carbocycles. The monoisotopic (exact) mass is 373 g/mol. The molecule has 5 nitrogen and oxygen atoms in total. The van der Waals surface area contributed by atoms with Gasteiger partial charge >= 0.3 is 0 Å². The zero-order valence-corrected chi connectivity index (χ0v) is 15.7. The minimum absolute atomic E-state index is 0.112. The van der Waals surface area contributed by atoms with E-state index in [4.69, 9.17) is 5.73 Å². The first kappa shape index (κ1) is 19.2. The van der Waals surface area contributed by atoms with E-state index in [1.54, 1.807) is 24.3 Å². The van der Waals surface area contributed by atoms with Crippen LogP contribution in [0.5, 0.6) is 0 Å². The first-order chi connectivity index (χ1) is 13.5. The van der Waals surface area contributed by atoms with Crippen molar-refractivity contribution in [3.8, 4) is 0 Å². The van der Waals surface area contributed by atoms with E-state index >= 15 is 0 Å². The average Bonchev–Trinajstić information content (AvgIpc) is 2.67. The fourth-order valence-corrected chi connectivity index (χ4v) is 2.89. The van der Waals surface area contributed by atoms with Gasteiger partial charge in [0.1, 0.15) is 0 Å². The fraction of sp³-hybridized carbons (Fsp3) is 0.130. The van der Waals surface area contributed by atoms with Crippen LogP contribution in [0.15, 0.2) is 72.8 Å². The number of nitrogen functional groups attached to an aromatic ring is 1. The Balaban J connectivity index is 1.59. The van der Waals surface area contributed by atoms with Crippen molar-refractivity contribution in [3.63, 3.8) is 0 Å². The van der Waals surface area contributed by atoms with E-state index in [-0.39, 0.29) is 11.8 Å². The minimum atomic E-state index is -0.221. The van der Waals surface area contributed by atoms with Crippen LogP contribution in [0.1, 0.15) is 27.9 Å². The molecule has 0 fully saturated rings. The average molecular weight is 373 g/mol. The van der Waals surface area contributed by atoms with Gasteiger partial charge in [0.2, 0.25) is 5.91 Å². The third kappa shape index (κ3) is 5.45. The van der Waals surface area contributed by atoms with E-state index in [2.05, 4.69) is 10.6 Å². The normalized spacial score (nSPS) is 10.3. The number of amides is 2. The lowest BCUT2D eigenvalue weighted by molar-refractivity contribution is -0.116. The van der Waals surface area contributed by atoms with Gasteiger partial charge in [-0.15, -0.1) is 0 Å². The van der Waals surface area contributed by atoms with Crippen molar-refractivity contribution < 1.29 is 9.59 Å². The van der Waals surface area contributed by atoms with E-state index < -0.39 is 0 Å². The molecule has 0 aliphatic carbocycles. The van der Waals surface area contributed by atoms with Crippen LogP contribution in [0.4, 0.5) is 17.1 Å². The molecule has 0 unspecified atom stereocenters. The number of anilines is 3. The molecule has 0 aromatic heterocycles. The van der Waals surface area contributed by atoms with Crippen molar-refractivity contribution in [1.82, 2.24) is 0 Å². The van der Waals surface area contributed by atoms with Crippen molar-refractivity contribution in [3.05, 3.63) is 89.5 Å². The Morgan fingerprint density at radius 3 is 2.32 bits per heavy atom. The van der Waals surface area contributed by atoms with Crippen molar-refractivity contribution >= 4 is 28.9 Å².